The third-order valence-corrected chi connectivity index (χ3v) is 5.78. The first-order valence-electron chi connectivity index (χ1n) is 9.68. The third kappa shape index (κ3) is 3.22. The maximum absolute atomic E-state index is 13.6. The number of pyridine rings is 1. The van der Waals surface area contributed by atoms with Crippen LogP contribution in [0.3, 0.4) is 0 Å². The molecule has 2 aliphatic heterocycles. The van der Waals surface area contributed by atoms with Crippen LogP contribution in [-0.2, 0) is 13.2 Å². The fraction of sp³-hybridized carbons (Fsp3) is 0.286. The number of aromatic nitrogens is 3. The molecule has 2 atom stereocenters. The number of rotatable bonds is 2. The van der Waals surface area contributed by atoms with Gasteiger partial charge in [-0.15, -0.1) is 0 Å². The molecule has 2 aromatic heterocycles. The maximum atomic E-state index is 13.6. The molecule has 4 heterocycles. The van der Waals surface area contributed by atoms with Crippen LogP contribution >= 0.6 is 0 Å². The van der Waals surface area contributed by atoms with Crippen molar-refractivity contribution in [3.8, 4) is 11.3 Å². The highest BCUT2D eigenvalue weighted by Crippen LogP contribution is 2.52. The van der Waals surface area contributed by atoms with Crippen LogP contribution in [0.15, 0.2) is 42.7 Å². The summed E-state index contributed by atoms with van der Waals surface area (Å²) < 4.78 is 55.6. The number of carbonyl (C=O) groups is 1. The molecule has 10 heteroatoms. The molecule has 5 rings (SSSR count). The number of halogens is 4. The van der Waals surface area contributed by atoms with E-state index in [1.165, 1.54) is 28.9 Å². The van der Waals surface area contributed by atoms with E-state index in [9.17, 15) is 22.4 Å². The number of carbonyl (C=O) groups excluding carboxylic acids is 1. The molecule has 1 fully saturated rings. The van der Waals surface area contributed by atoms with Crippen LogP contribution in [0.5, 0.6) is 0 Å². The average molecular weight is 431 g/mol. The first-order valence-corrected chi connectivity index (χ1v) is 9.68. The Morgan fingerprint density at radius 1 is 1.16 bits per heavy atom. The zero-order chi connectivity index (χ0) is 21.9. The van der Waals surface area contributed by atoms with Gasteiger partial charge in [-0.05, 0) is 43.2 Å². The molecule has 1 N–H and O–H groups in total. The van der Waals surface area contributed by atoms with Gasteiger partial charge in [0.05, 0.1) is 35.2 Å². The Bertz CT molecular complexity index is 1190. The van der Waals surface area contributed by atoms with Gasteiger partial charge in [0.15, 0.2) is 0 Å². The van der Waals surface area contributed by atoms with Gasteiger partial charge < -0.3 is 10.2 Å². The molecule has 0 spiro atoms. The highest BCUT2D eigenvalue weighted by atomic mass is 19.4. The number of benzene rings is 1. The minimum absolute atomic E-state index is 0.123. The van der Waals surface area contributed by atoms with Gasteiger partial charge in [0, 0.05) is 30.1 Å². The molecule has 2 amide bonds. The Morgan fingerprint density at radius 2 is 1.94 bits per heavy atom. The van der Waals surface area contributed by atoms with E-state index in [4.69, 9.17) is 0 Å². The quantitative estimate of drug-likeness (QED) is 0.577. The highest BCUT2D eigenvalue weighted by Gasteiger charge is 2.47. The molecule has 31 heavy (non-hydrogen) atoms. The number of aryl methyl sites for hydroxylation is 1. The summed E-state index contributed by atoms with van der Waals surface area (Å²) in [6.45, 7) is 0. The second-order valence-electron chi connectivity index (χ2n) is 7.71. The number of urea groups is 1. The molecule has 1 aromatic carbocycles. The van der Waals surface area contributed by atoms with E-state index in [0.29, 0.717) is 24.1 Å². The lowest BCUT2D eigenvalue weighted by atomic mass is 9.96. The number of anilines is 1. The van der Waals surface area contributed by atoms with Crippen molar-refractivity contribution in [3.63, 3.8) is 0 Å². The second kappa shape index (κ2) is 6.79. The monoisotopic (exact) mass is 431 g/mol. The van der Waals surface area contributed by atoms with Crippen molar-refractivity contribution in [3.05, 3.63) is 65.4 Å². The number of nitrogens with one attached hydrogen (secondary N) is 1. The lowest BCUT2D eigenvalue weighted by Gasteiger charge is -2.23. The number of nitrogens with zero attached hydrogens (tertiary/aromatic N) is 4. The van der Waals surface area contributed by atoms with Crippen LogP contribution in [0, 0.1) is 5.82 Å². The van der Waals surface area contributed by atoms with Crippen molar-refractivity contribution in [1.82, 2.24) is 19.7 Å². The van der Waals surface area contributed by atoms with Gasteiger partial charge in [0.1, 0.15) is 5.82 Å². The molecular weight excluding hydrogens is 414 g/mol. The van der Waals surface area contributed by atoms with Gasteiger partial charge >= 0.3 is 12.2 Å². The molecule has 0 radical (unpaired) electrons. The Morgan fingerprint density at radius 3 is 2.65 bits per heavy atom. The normalized spacial score (nSPS) is 19.6. The van der Waals surface area contributed by atoms with Gasteiger partial charge in [-0.25, -0.2) is 9.18 Å². The fourth-order valence-electron chi connectivity index (χ4n) is 4.51. The Hall–Kier alpha value is -3.43. The first kappa shape index (κ1) is 19.5. The van der Waals surface area contributed by atoms with Crippen molar-refractivity contribution >= 4 is 11.7 Å². The lowest BCUT2D eigenvalue weighted by molar-refractivity contribution is -0.137. The second-order valence-corrected chi connectivity index (χ2v) is 7.71. The topological polar surface area (TPSA) is 63.1 Å². The maximum Gasteiger partial charge on any atom is 0.417 e. The summed E-state index contributed by atoms with van der Waals surface area (Å²) >= 11 is 0. The van der Waals surface area contributed by atoms with Crippen LogP contribution in [0.25, 0.3) is 11.3 Å². The van der Waals surface area contributed by atoms with Gasteiger partial charge in [-0.3, -0.25) is 9.67 Å². The molecule has 3 aromatic rings. The van der Waals surface area contributed by atoms with E-state index >= 15 is 0 Å². The van der Waals surface area contributed by atoms with Crippen LogP contribution in [0.2, 0.25) is 0 Å². The van der Waals surface area contributed by atoms with Crippen molar-refractivity contribution in [2.24, 2.45) is 7.05 Å². The Balaban J connectivity index is 1.45. The molecule has 1 saturated heterocycles. The van der Waals surface area contributed by atoms with Crippen molar-refractivity contribution in [2.75, 3.05) is 5.32 Å². The van der Waals surface area contributed by atoms with E-state index in [-0.39, 0.29) is 29.0 Å². The zero-order valence-electron chi connectivity index (χ0n) is 16.3. The summed E-state index contributed by atoms with van der Waals surface area (Å²) in [5.74, 6) is -0.464. The predicted octanol–water partition coefficient (Wildman–Crippen LogP) is 5.06. The average Bonchev–Trinajstić information content (AvgIpc) is 3.40. The Kier molecular flexibility index (Phi) is 4.28. The smallest absolute Gasteiger partial charge is 0.309 e. The third-order valence-electron chi connectivity index (χ3n) is 5.78. The van der Waals surface area contributed by atoms with Crippen LogP contribution < -0.4 is 5.32 Å². The standard InChI is InChI=1S/C21H17F4N5O/c1-29-7-6-16(28-29)13-9-12(2-3-15(13)21(23,24)25)27-20(31)30-17-4-5-18(30)19-14(17)8-11(22)10-26-19/h2-3,6-10,17-18H,4-5H2,1H3,(H,27,31). The molecule has 0 saturated carbocycles. The number of alkyl halides is 3. The summed E-state index contributed by atoms with van der Waals surface area (Å²) in [5, 5.41) is 6.77. The summed E-state index contributed by atoms with van der Waals surface area (Å²) in [6.07, 6.45) is -0.504. The molecule has 2 aliphatic rings. The fourth-order valence-corrected chi connectivity index (χ4v) is 4.51. The van der Waals surface area contributed by atoms with E-state index < -0.39 is 23.6 Å². The minimum Gasteiger partial charge on any atom is -0.309 e. The molecular formula is C21H17F4N5O. The van der Waals surface area contributed by atoms with Gasteiger partial charge in [-0.1, -0.05) is 0 Å². The highest BCUT2D eigenvalue weighted by molar-refractivity contribution is 5.91. The SMILES string of the molecule is Cn1ccc(-c2cc(NC(=O)N3C4CCC3c3ncc(F)cc34)ccc2C(F)(F)F)n1. The molecule has 160 valence electrons. The molecule has 6 nitrogen and oxygen atoms in total. The number of fused-ring (bicyclic) bond motifs is 5. The molecule has 0 aliphatic carbocycles. The van der Waals surface area contributed by atoms with Crippen LogP contribution in [0.1, 0.15) is 41.7 Å². The van der Waals surface area contributed by atoms with E-state index in [2.05, 4.69) is 15.4 Å². The first-order chi connectivity index (χ1) is 14.7. The van der Waals surface area contributed by atoms with E-state index in [1.54, 1.807) is 18.1 Å². The summed E-state index contributed by atoms with van der Waals surface area (Å²) in [7, 11) is 1.61. The minimum atomic E-state index is -4.57. The van der Waals surface area contributed by atoms with Crippen molar-refractivity contribution in [1.29, 1.82) is 0 Å². The van der Waals surface area contributed by atoms with Gasteiger partial charge in [-0.2, -0.15) is 18.3 Å². The number of hydrogen-bond donors (Lipinski definition) is 1. The predicted molar refractivity (Wildman–Crippen MR) is 103 cm³/mol. The van der Waals surface area contributed by atoms with Gasteiger partial charge in [0.25, 0.3) is 0 Å². The van der Waals surface area contributed by atoms with Crippen LogP contribution in [-0.4, -0.2) is 25.7 Å². The molecule has 2 unspecified atom stereocenters. The number of amides is 2. The van der Waals surface area contributed by atoms with Crippen molar-refractivity contribution in [2.45, 2.75) is 31.1 Å². The van der Waals surface area contributed by atoms with E-state index in [1.807, 2.05) is 0 Å². The summed E-state index contributed by atoms with van der Waals surface area (Å²) in [5.41, 5.74) is 0.773. The number of hydrogen-bond acceptors (Lipinski definition) is 3. The molecule has 2 bridgehead atoms. The largest absolute Gasteiger partial charge is 0.417 e. The Labute approximate surface area is 174 Å². The van der Waals surface area contributed by atoms with Crippen LogP contribution in [0.4, 0.5) is 28.0 Å². The lowest BCUT2D eigenvalue weighted by Crippen LogP contribution is -2.32. The van der Waals surface area contributed by atoms with Crippen molar-refractivity contribution < 1.29 is 22.4 Å². The zero-order valence-corrected chi connectivity index (χ0v) is 16.3. The summed E-state index contributed by atoms with van der Waals surface area (Å²) in [4.78, 5) is 18.8. The summed E-state index contributed by atoms with van der Waals surface area (Å²) in [6, 6.07) is 5.26. The van der Waals surface area contributed by atoms with E-state index in [0.717, 1.165) is 12.3 Å². The van der Waals surface area contributed by atoms with Gasteiger partial charge in [0.2, 0.25) is 0 Å².